The summed E-state index contributed by atoms with van der Waals surface area (Å²) in [4.78, 5) is 11.0. The molecule has 0 radical (unpaired) electrons. The summed E-state index contributed by atoms with van der Waals surface area (Å²) < 4.78 is 0. The van der Waals surface area contributed by atoms with Crippen LogP contribution in [0.25, 0.3) is 0 Å². The summed E-state index contributed by atoms with van der Waals surface area (Å²) in [6, 6.07) is 0.614. The van der Waals surface area contributed by atoms with Gasteiger partial charge in [-0.3, -0.25) is 0 Å². The molecule has 0 atom stereocenters. The third-order valence-electron chi connectivity index (χ3n) is 3.82. The van der Waals surface area contributed by atoms with Gasteiger partial charge in [-0.25, -0.2) is 15.8 Å². The predicted octanol–water partition coefficient (Wildman–Crippen LogP) is 2.23. The fourth-order valence-electron chi connectivity index (χ4n) is 2.85. The van der Waals surface area contributed by atoms with Crippen LogP contribution in [0.2, 0.25) is 0 Å². The third-order valence-corrected chi connectivity index (χ3v) is 3.82. The Balaban J connectivity index is 2.26. The van der Waals surface area contributed by atoms with Crippen molar-refractivity contribution in [1.29, 1.82) is 0 Å². The van der Waals surface area contributed by atoms with Crippen molar-refractivity contribution in [2.45, 2.75) is 52.0 Å². The quantitative estimate of drug-likeness (QED) is 0.632. The Morgan fingerprint density at radius 2 is 2.06 bits per heavy atom. The summed E-state index contributed by atoms with van der Waals surface area (Å²) >= 11 is 0. The van der Waals surface area contributed by atoms with E-state index in [4.69, 9.17) is 5.84 Å². The molecule has 1 saturated carbocycles. The van der Waals surface area contributed by atoms with Crippen molar-refractivity contribution in [3.05, 3.63) is 11.9 Å². The number of aromatic nitrogens is 2. The van der Waals surface area contributed by atoms with Gasteiger partial charge in [-0.2, -0.15) is 0 Å². The minimum absolute atomic E-state index is 0.614. The number of anilines is 2. The van der Waals surface area contributed by atoms with Crippen molar-refractivity contribution in [3.8, 4) is 0 Å². The number of hydrazine groups is 1. The molecule has 1 aliphatic carbocycles. The Morgan fingerprint density at radius 3 is 2.67 bits per heavy atom. The number of nitrogens with two attached hydrogens (primary N) is 1. The van der Waals surface area contributed by atoms with Gasteiger partial charge >= 0.3 is 0 Å². The van der Waals surface area contributed by atoms with Crippen molar-refractivity contribution in [2.75, 3.05) is 16.9 Å². The van der Waals surface area contributed by atoms with Crippen molar-refractivity contribution < 1.29 is 0 Å². The minimum Gasteiger partial charge on any atom is -0.354 e. The molecule has 0 unspecified atom stereocenters. The monoisotopic (exact) mass is 249 g/mol. The highest BCUT2D eigenvalue weighted by Gasteiger charge is 2.23. The van der Waals surface area contributed by atoms with E-state index >= 15 is 0 Å². The molecule has 5 heteroatoms. The minimum atomic E-state index is 0.614. The molecule has 0 saturated heterocycles. The number of nitrogens with zero attached hydrogens (tertiary/aromatic N) is 3. The maximum absolute atomic E-state index is 5.48. The first-order valence-corrected chi connectivity index (χ1v) is 6.82. The smallest absolute Gasteiger partial charge is 0.148 e. The molecule has 1 aromatic rings. The number of nitrogens with one attached hydrogen (secondary N) is 1. The van der Waals surface area contributed by atoms with Gasteiger partial charge in [-0.05, 0) is 26.7 Å². The fourth-order valence-corrected chi connectivity index (χ4v) is 2.85. The van der Waals surface area contributed by atoms with Gasteiger partial charge < -0.3 is 10.3 Å². The van der Waals surface area contributed by atoms with Gasteiger partial charge in [0.15, 0.2) is 0 Å². The van der Waals surface area contributed by atoms with E-state index in [2.05, 4.69) is 27.2 Å². The molecule has 0 spiro atoms. The summed E-state index contributed by atoms with van der Waals surface area (Å²) in [5.74, 6) is 7.22. The Hall–Kier alpha value is -1.36. The van der Waals surface area contributed by atoms with Crippen LogP contribution in [0.4, 0.5) is 11.6 Å². The molecule has 0 amide bonds. The van der Waals surface area contributed by atoms with Crippen LogP contribution in [0.3, 0.4) is 0 Å². The van der Waals surface area contributed by atoms with Crippen LogP contribution >= 0.6 is 0 Å². The second kappa shape index (κ2) is 6.00. The van der Waals surface area contributed by atoms with Crippen molar-refractivity contribution >= 4 is 11.6 Å². The number of nitrogen functional groups attached to an aromatic ring is 1. The van der Waals surface area contributed by atoms with Crippen LogP contribution in [0.5, 0.6) is 0 Å². The molecule has 5 nitrogen and oxygen atoms in total. The van der Waals surface area contributed by atoms with Crippen LogP contribution in [0, 0.1) is 6.92 Å². The van der Waals surface area contributed by atoms with Gasteiger partial charge in [-0.15, -0.1) is 0 Å². The first-order valence-electron chi connectivity index (χ1n) is 6.82. The topological polar surface area (TPSA) is 67.1 Å². The Bertz CT molecular complexity index is 387. The highest BCUT2D eigenvalue weighted by atomic mass is 15.3. The Labute approximate surface area is 109 Å². The molecule has 3 N–H and O–H groups in total. The molecule has 1 heterocycles. The van der Waals surface area contributed by atoms with Gasteiger partial charge in [0.1, 0.15) is 18.0 Å². The molecule has 1 aromatic heterocycles. The van der Waals surface area contributed by atoms with Crippen LogP contribution in [0.15, 0.2) is 6.33 Å². The third kappa shape index (κ3) is 2.56. The van der Waals surface area contributed by atoms with Crippen LogP contribution in [-0.2, 0) is 0 Å². The van der Waals surface area contributed by atoms with Crippen LogP contribution in [0.1, 0.15) is 44.6 Å². The maximum atomic E-state index is 5.48. The van der Waals surface area contributed by atoms with Gasteiger partial charge in [0.2, 0.25) is 0 Å². The van der Waals surface area contributed by atoms with E-state index in [9.17, 15) is 0 Å². The average molecular weight is 249 g/mol. The first kappa shape index (κ1) is 13.1. The highest BCUT2D eigenvalue weighted by Crippen LogP contribution is 2.29. The zero-order valence-electron chi connectivity index (χ0n) is 11.3. The zero-order chi connectivity index (χ0) is 13.0. The van der Waals surface area contributed by atoms with Crippen LogP contribution < -0.4 is 16.2 Å². The van der Waals surface area contributed by atoms with E-state index in [0.717, 1.165) is 17.9 Å². The van der Waals surface area contributed by atoms with E-state index in [-0.39, 0.29) is 0 Å². The number of hydrogen-bond donors (Lipinski definition) is 2. The fraction of sp³-hybridized carbons (Fsp3) is 0.692. The van der Waals surface area contributed by atoms with E-state index in [1.807, 2.05) is 6.92 Å². The second-order valence-corrected chi connectivity index (χ2v) is 4.89. The molecular weight excluding hydrogens is 226 g/mol. The normalized spacial score (nSPS) is 16.6. The van der Waals surface area contributed by atoms with E-state index in [1.165, 1.54) is 32.1 Å². The van der Waals surface area contributed by atoms with Crippen molar-refractivity contribution in [1.82, 2.24) is 9.97 Å². The molecule has 18 heavy (non-hydrogen) atoms. The summed E-state index contributed by atoms with van der Waals surface area (Å²) in [5.41, 5.74) is 3.67. The van der Waals surface area contributed by atoms with E-state index in [0.29, 0.717) is 11.9 Å². The van der Waals surface area contributed by atoms with Crippen molar-refractivity contribution in [2.24, 2.45) is 5.84 Å². The zero-order valence-corrected chi connectivity index (χ0v) is 11.3. The number of hydrogen-bond acceptors (Lipinski definition) is 5. The summed E-state index contributed by atoms with van der Waals surface area (Å²) in [5, 5.41) is 0. The molecule has 2 rings (SSSR count). The second-order valence-electron chi connectivity index (χ2n) is 4.89. The van der Waals surface area contributed by atoms with Gasteiger partial charge in [0, 0.05) is 18.2 Å². The molecule has 0 aromatic carbocycles. The van der Waals surface area contributed by atoms with E-state index < -0.39 is 0 Å². The van der Waals surface area contributed by atoms with Crippen LogP contribution in [-0.4, -0.2) is 22.6 Å². The Morgan fingerprint density at radius 1 is 1.33 bits per heavy atom. The largest absolute Gasteiger partial charge is 0.354 e. The lowest BCUT2D eigenvalue weighted by molar-refractivity contribution is 0.416. The van der Waals surface area contributed by atoms with Gasteiger partial charge in [-0.1, -0.05) is 19.3 Å². The molecule has 1 fully saturated rings. The number of rotatable bonds is 4. The lowest BCUT2D eigenvalue weighted by Crippen LogP contribution is -2.38. The SMILES string of the molecule is CCN(c1ncnc(NN)c1C)C1CCCCC1. The van der Waals surface area contributed by atoms with Gasteiger partial charge in [0.05, 0.1) is 0 Å². The Kier molecular flexibility index (Phi) is 4.36. The predicted molar refractivity (Wildman–Crippen MR) is 74.5 cm³/mol. The lowest BCUT2D eigenvalue weighted by Gasteiger charge is -2.35. The standard InChI is InChI=1S/C13H23N5/c1-3-18(11-7-5-4-6-8-11)13-10(2)12(17-14)15-9-16-13/h9,11H,3-8,14H2,1-2H3,(H,15,16,17). The maximum Gasteiger partial charge on any atom is 0.148 e. The molecule has 100 valence electrons. The van der Waals surface area contributed by atoms with Crippen molar-refractivity contribution in [3.63, 3.8) is 0 Å². The first-order chi connectivity index (χ1) is 8.77. The molecular formula is C13H23N5. The molecule has 0 aliphatic heterocycles. The highest BCUT2D eigenvalue weighted by molar-refractivity contribution is 5.57. The summed E-state index contributed by atoms with van der Waals surface area (Å²) in [6.07, 6.45) is 8.14. The summed E-state index contributed by atoms with van der Waals surface area (Å²) in [7, 11) is 0. The molecule has 1 aliphatic rings. The lowest BCUT2D eigenvalue weighted by atomic mass is 9.94. The van der Waals surface area contributed by atoms with Gasteiger partial charge in [0.25, 0.3) is 0 Å². The summed E-state index contributed by atoms with van der Waals surface area (Å²) in [6.45, 7) is 5.19. The molecule has 0 bridgehead atoms. The average Bonchev–Trinajstić information content (AvgIpc) is 2.43. The van der Waals surface area contributed by atoms with E-state index in [1.54, 1.807) is 6.33 Å².